The summed E-state index contributed by atoms with van der Waals surface area (Å²) in [6, 6.07) is 5.00. The van der Waals surface area contributed by atoms with E-state index < -0.39 is 6.09 Å². The third kappa shape index (κ3) is 3.06. The molecule has 6 heteroatoms. The van der Waals surface area contributed by atoms with Gasteiger partial charge in [-0.05, 0) is 25.1 Å². The van der Waals surface area contributed by atoms with Crippen molar-refractivity contribution in [3.8, 4) is 17.0 Å². The summed E-state index contributed by atoms with van der Waals surface area (Å²) in [4.78, 5) is 20.1. The molecule has 0 fully saturated rings. The number of rotatable bonds is 3. The molecule has 0 aliphatic rings. The second-order valence-corrected chi connectivity index (χ2v) is 4.32. The minimum Gasteiger partial charge on any atom is -0.409 e. The first kappa shape index (κ1) is 13.4. The molecule has 0 bridgehead atoms. The van der Waals surface area contributed by atoms with Gasteiger partial charge in [0.05, 0.1) is 12.0 Å². The van der Waals surface area contributed by atoms with Crippen LogP contribution in [0.4, 0.5) is 4.79 Å². The van der Waals surface area contributed by atoms with Gasteiger partial charge in [0.1, 0.15) is 5.75 Å². The van der Waals surface area contributed by atoms with Crippen LogP contribution >= 0.6 is 11.6 Å². The van der Waals surface area contributed by atoms with Crippen molar-refractivity contribution < 1.29 is 9.53 Å². The molecule has 2 aromatic rings. The Kier molecular flexibility index (Phi) is 4.06. The van der Waals surface area contributed by atoms with E-state index >= 15 is 0 Å². The van der Waals surface area contributed by atoms with Crippen LogP contribution in [0.5, 0.6) is 5.75 Å². The predicted molar refractivity (Wildman–Crippen MR) is 73.0 cm³/mol. The Morgan fingerprint density at radius 1 is 1.58 bits per heavy atom. The summed E-state index contributed by atoms with van der Waals surface area (Å²) in [5, 5.41) is 0.545. The van der Waals surface area contributed by atoms with Crippen LogP contribution in [0, 0.1) is 6.92 Å². The molecular weight excluding hydrogens is 266 g/mol. The number of aromatic amines is 1. The Balaban J connectivity index is 2.33. The minimum atomic E-state index is -0.478. The summed E-state index contributed by atoms with van der Waals surface area (Å²) in [7, 11) is 1.61. The first-order valence-corrected chi connectivity index (χ1v) is 6.00. The summed E-state index contributed by atoms with van der Waals surface area (Å²) < 4.78 is 5.31. The van der Waals surface area contributed by atoms with E-state index in [2.05, 4.69) is 16.9 Å². The molecule has 0 saturated heterocycles. The maximum Gasteiger partial charge on any atom is 0.414 e. The Labute approximate surface area is 116 Å². The number of hydrogen-bond acceptors (Lipinski definition) is 3. The molecule has 1 aromatic heterocycles. The number of nitrogens with one attached hydrogen (secondary N) is 1. The Morgan fingerprint density at radius 2 is 2.37 bits per heavy atom. The summed E-state index contributed by atoms with van der Waals surface area (Å²) >= 11 is 5.96. The lowest BCUT2D eigenvalue weighted by atomic mass is 10.1. The quantitative estimate of drug-likeness (QED) is 0.939. The number of nitrogens with zero attached hydrogens (tertiary/aromatic N) is 2. The summed E-state index contributed by atoms with van der Waals surface area (Å²) in [6.07, 6.45) is 2.77. The van der Waals surface area contributed by atoms with E-state index in [-0.39, 0.29) is 0 Å². The molecular formula is C13H13ClN3O2. The number of benzene rings is 1. The summed E-state index contributed by atoms with van der Waals surface area (Å²) in [6.45, 7) is 3.94. The van der Waals surface area contributed by atoms with Crippen molar-refractivity contribution in [3.05, 3.63) is 42.7 Å². The van der Waals surface area contributed by atoms with Gasteiger partial charge >= 0.3 is 6.09 Å². The molecule has 1 radical (unpaired) electrons. The molecule has 0 aliphatic carbocycles. The van der Waals surface area contributed by atoms with Crippen molar-refractivity contribution in [2.75, 3.05) is 13.6 Å². The smallest absolute Gasteiger partial charge is 0.409 e. The van der Waals surface area contributed by atoms with Crippen LogP contribution in [-0.4, -0.2) is 34.6 Å². The van der Waals surface area contributed by atoms with Crippen molar-refractivity contribution in [2.24, 2.45) is 0 Å². The van der Waals surface area contributed by atoms with E-state index in [0.717, 1.165) is 0 Å². The lowest BCUT2D eigenvalue weighted by molar-refractivity contribution is 0.167. The average molecular weight is 279 g/mol. The number of aromatic nitrogens is 2. The van der Waals surface area contributed by atoms with Crippen LogP contribution in [0.15, 0.2) is 30.7 Å². The first-order valence-electron chi connectivity index (χ1n) is 5.62. The number of amides is 1. The zero-order valence-electron chi connectivity index (χ0n) is 10.4. The Bertz CT molecular complexity index is 569. The van der Waals surface area contributed by atoms with E-state index in [1.54, 1.807) is 37.8 Å². The number of hydrogen-bond donors (Lipinski definition) is 1. The van der Waals surface area contributed by atoms with E-state index in [9.17, 15) is 4.79 Å². The molecule has 19 heavy (non-hydrogen) atoms. The number of carbonyl (C=O) groups excluding carboxylic acids is 1. The number of halogens is 1. The maximum absolute atomic E-state index is 11.8. The molecule has 1 N–H and O–H groups in total. The summed E-state index contributed by atoms with van der Waals surface area (Å²) in [5.41, 5.74) is 1.31. The van der Waals surface area contributed by atoms with Gasteiger partial charge in [0.15, 0.2) is 0 Å². The van der Waals surface area contributed by atoms with Gasteiger partial charge in [-0.3, -0.25) is 0 Å². The molecule has 99 valence electrons. The topological polar surface area (TPSA) is 58.2 Å². The van der Waals surface area contributed by atoms with Gasteiger partial charge in [0.25, 0.3) is 0 Å². The molecule has 0 aliphatic heterocycles. The van der Waals surface area contributed by atoms with Crippen molar-refractivity contribution in [3.63, 3.8) is 0 Å². The van der Waals surface area contributed by atoms with Gasteiger partial charge < -0.3 is 14.6 Å². The van der Waals surface area contributed by atoms with Gasteiger partial charge in [-0.15, -0.1) is 0 Å². The molecule has 1 aromatic carbocycles. The van der Waals surface area contributed by atoms with Crippen LogP contribution in [-0.2, 0) is 0 Å². The lowest BCUT2D eigenvalue weighted by Gasteiger charge is -2.15. The van der Waals surface area contributed by atoms with E-state index in [4.69, 9.17) is 16.3 Å². The highest BCUT2D eigenvalue weighted by Gasteiger charge is 2.15. The highest BCUT2D eigenvalue weighted by Crippen LogP contribution is 2.31. The standard InChI is InChI=1S/C13H13ClN3O2/c1-3-17(2)13(18)19-12-5-4-9(14)6-10(12)11-7-15-8-16-11/h4-8H,1,3H2,2H3,(H,15,16). The van der Waals surface area contributed by atoms with E-state index in [0.29, 0.717) is 28.6 Å². The van der Waals surface area contributed by atoms with Gasteiger partial charge in [-0.25, -0.2) is 9.78 Å². The Hall–Kier alpha value is -2.01. The molecule has 1 amide bonds. The van der Waals surface area contributed by atoms with Gasteiger partial charge in [0.2, 0.25) is 0 Å². The fraction of sp³-hybridized carbons (Fsp3) is 0.154. The largest absolute Gasteiger partial charge is 0.414 e. The third-order valence-corrected chi connectivity index (χ3v) is 2.80. The van der Waals surface area contributed by atoms with Crippen LogP contribution < -0.4 is 4.74 Å². The van der Waals surface area contributed by atoms with Gasteiger partial charge in [-0.1, -0.05) is 11.6 Å². The number of carbonyl (C=O) groups is 1. The van der Waals surface area contributed by atoms with Crippen LogP contribution in [0.2, 0.25) is 5.02 Å². The molecule has 0 atom stereocenters. The fourth-order valence-electron chi connectivity index (χ4n) is 1.46. The molecule has 2 rings (SSSR count). The monoisotopic (exact) mass is 278 g/mol. The zero-order chi connectivity index (χ0) is 13.8. The maximum atomic E-state index is 11.8. The van der Waals surface area contributed by atoms with Crippen molar-refractivity contribution in [1.29, 1.82) is 0 Å². The molecule has 5 nitrogen and oxygen atoms in total. The van der Waals surface area contributed by atoms with Crippen molar-refractivity contribution in [1.82, 2.24) is 14.9 Å². The highest BCUT2D eigenvalue weighted by atomic mass is 35.5. The van der Waals surface area contributed by atoms with Gasteiger partial charge in [-0.2, -0.15) is 0 Å². The molecule has 0 unspecified atom stereocenters. The fourth-order valence-corrected chi connectivity index (χ4v) is 1.63. The number of H-pyrrole nitrogens is 1. The van der Waals surface area contributed by atoms with Crippen molar-refractivity contribution >= 4 is 17.7 Å². The zero-order valence-corrected chi connectivity index (χ0v) is 11.1. The SMILES string of the molecule is [CH2]CN(C)C(=O)Oc1ccc(Cl)cc1-c1c[nH]cn1. The molecule has 1 heterocycles. The second-order valence-electron chi connectivity index (χ2n) is 3.88. The Morgan fingerprint density at radius 3 is 3.00 bits per heavy atom. The minimum absolute atomic E-state index is 0.324. The first-order chi connectivity index (χ1) is 9.11. The van der Waals surface area contributed by atoms with Gasteiger partial charge in [0, 0.05) is 30.4 Å². The molecule has 0 spiro atoms. The van der Waals surface area contributed by atoms with Crippen LogP contribution in [0.25, 0.3) is 11.3 Å². The van der Waals surface area contributed by atoms with Crippen LogP contribution in [0.1, 0.15) is 0 Å². The van der Waals surface area contributed by atoms with Crippen molar-refractivity contribution in [2.45, 2.75) is 0 Å². The third-order valence-electron chi connectivity index (χ3n) is 2.56. The summed E-state index contributed by atoms with van der Waals surface area (Å²) in [5.74, 6) is 0.404. The van der Waals surface area contributed by atoms with E-state index in [1.807, 2.05) is 0 Å². The van der Waals surface area contributed by atoms with E-state index in [1.165, 1.54) is 4.90 Å². The molecule has 0 saturated carbocycles. The predicted octanol–water partition coefficient (Wildman–Crippen LogP) is 2.99. The average Bonchev–Trinajstić information content (AvgIpc) is 2.93. The number of ether oxygens (including phenoxy) is 1. The second kappa shape index (κ2) is 5.75. The lowest BCUT2D eigenvalue weighted by Crippen LogP contribution is -2.29. The number of imidazole rings is 1. The van der Waals surface area contributed by atoms with Crippen LogP contribution in [0.3, 0.4) is 0 Å². The normalized spacial score (nSPS) is 10.3. The highest BCUT2D eigenvalue weighted by molar-refractivity contribution is 6.31.